The number of hydrogen-bond donors (Lipinski definition) is 3. The number of hydrogen-bond acceptors (Lipinski definition) is 3. The molecule has 19 heavy (non-hydrogen) atoms. The summed E-state index contributed by atoms with van der Waals surface area (Å²) in [6.07, 6.45) is 2.60. The minimum Gasteiger partial charge on any atom is -0.352 e. The van der Waals surface area contributed by atoms with E-state index in [9.17, 15) is 9.59 Å². The van der Waals surface area contributed by atoms with Crippen molar-refractivity contribution in [2.45, 2.75) is 52.1 Å². The van der Waals surface area contributed by atoms with Crippen molar-refractivity contribution in [2.75, 3.05) is 13.1 Å². The van der Waals surface area contributed by atoms with Gasteiger partial charge in [0.05, 0.1) is 0 Å². The number of piperidine rings is 1. The number of halogens is 1. The largest absolute Gasteiger partial charge is 0.352 e. The zero-order valence-corrected chi connectivity index (χ0v) is 12.8. The van der Waals surface area contributed by atoms with Crippen LogP contribution in [-0.4, -0.2) is 37.0 Å². The summed E-state index contributed by atoms with van der Waals surface area (Å²) in [7, 11) is 0. The molecule has 1 aliphatic rings. The summed E-state index contributed by atoms with van der Waals surface area (Å²) in [5.41, 5.74) is 0. The van der Waals surface area contributed by atoms with Crippen LogP contribution >= 0.6 is 12.4 Å². The number of amides is 2. The maximum absolute atomic E-state index is 11.9. The maximum Gasteiger partial charge on any atom is 0.242 e. The van der Waals surface area contributed by atoms with Gasteiger partial charge in [-0.1, -0.05) is 6.92 Å². The molecule has 1 saturated heterocycles. The summed E-state index contributed by atoms with van der Waals surface area (Å²) in [6.45, 7) is 7.47. The SMILES string of the molecule is CCC(C)NC(=O)C(C)NC(=O)C1CCNCC1.Cl. The molecule has 1 rings (SSSR count). The molecule has 1 heterocycles. The highest BCUT2D eigenvalue weighted by Gasteiger charge is 2.24. The molecule has 0 bridgehead atoms. The van der Waals surface area contributed by atoms with E-state index in [1.807, 2.05) is 13.8 Å². The molecule has 112 valence electrons. The highest BCUT2D eigenvalue weighted by atomic mass is 35.5. The van der Waals surface area contributed by atoms with Crippen LogP contribution in [0.1, 0.15) is 40.0 Å². The Morgan fingerprint density at radius 2 is 1.79 bits per heavy atom. The van der Waals surface area contributed by atoms with Crippen LogP contribution < -0.4 is 16.0 Å². The van der Waals surface area contributed by atoms with E-state index in [4.69, 9.17) is 0 Å². The van der Waals surface area contributed by atoms with Gasteiger partial charge in [-0.2, -0.15) is 0 Å². The van der Waals surface area contributed by atoms with Crippen LogP contribution in [-0.2, 0) is 9.59 Å². The van der Waals surface area contributed by atoms with Gasteiger partial charge in [0, 0.05) is 12.0 Å². The van der Waals surface area contributed by atoms with Crippen molar-refractivity contribution in [3.8, 4) is 0 Å². The molecule has 0 aromatic rings. The Balaban J connectivity index is 0.00000324. The van der Waals surface area contributed by atoms with E-state index in [0.717, 1.165) is 32.4 Å². The highest BCUT2D eigenvalue weighted by molar-refractivity contribution is 5.88. The van der Waals surface area contributed by atoms with E-state index in [-0.39, 0.29) is 36.2 Å². The van der Waals surface area contributed by atoms with Crippen LogP contribution in [0.2, 0.25) is 0 Å². The Kier molecular flexibility index (Phi) is 8.76. The zero-order valence-electron chi connectivity index (χ0n) is 12.0. The number of carbonyl (C=O) groups excluding carboxylic acids is 2. The lowest BCUT2D eigenvalue weighted by molar-refractivity contribution is -0.131. The van der Waals surface area contributed by atoms with Gasteiger partial charge in [0.25, 0.3) is 0 Å². The topological polar surface area (TPSA) is 70.2 Å². The van der Waals surface area contributed by atoms with Gasteiger partial charge in [0.2, 0.25) is 11.8 Å². The molecule has 6 heteroatoms. The van der Waals surface area contributed by atoms with E-state index in [2.05, 4.69) is 16.0 Å². The van der Waals surface area contributed by atoms with Crippen LogP contribution in [0.3, 0.4) is 0 Å². The predicted octanol–water partition coefficient (Wildman–Crippen LogP) is 0.827. The van der Waals surface area contributed by atoms with Gasteiger partial charge in [0.1, 0.15) is 6.04 Å². The Bertz CT molecular complexity index is 294. The first kappa shape index (κ1) is 18.2. The van der Waals surface area contributed by atoms with Crippen LogP contribution in [0.25, 0.3) is 0 Å². The number of carbonyl (C=O) groups is 2. The number of nitrogens with one attached hydrogen (secondary N) is 3. The van der Waals surface area contributed by atoms with Crippen molar-refractivity contribution in [2.24, 2.45) is 5.92 Å². The average Bonchev–Trinajstić information content (AvgIpc) is 2.39. The second kappa shape index (κ2) is 9.15. The fraction of sp³-hybridized carbons (Fsp3) is 0.846. The molecule has 0 saturated carbocycles. The summed E-state index contributed by atoms with van der Waals surface area (Å²) in [4.78, 5) is 23.7. The minimum absolute atomic E-state index is 0. The molecule has 2 atom stereocenters. The van der Waals surface area contributed by atoms with Crippen LogP contribution in [0.4, 0.5) is 0 Å². The minimum atomic E-state index is -0.457. The molecule has 1 aliphatic heterocycles. The second-order valence-corrected chi connectivity index (χ2v) is 5.07. The van der Waals surface area contributed by atoms with E-state index >= 15 is 0 Å². The lowest BCUT2D eigenvalue weighted by atomic mass is 9.97. The molecule has 0 aliphatic carbocycles. The fourth-order valence-electron chi connectivity index (χ4n) is 1.95. The first-order chi connectivity index (χ1) is 8.54. The van der Waals surface area contributed by atoms with Gasteiger partial charge in [-0.3, -0.25) is 9.59 Å². The Morgan fingerprint density at radius 1 is 1.21 bits per heavy atom. The van der Waals surface area contributed by atoms with Gasteiger partial charge >= 0.3 is 0 Å². The van der Waals surface area contributed by atoms with Gasteiger partial charge in [0.15, 0.2) is 0 Å². The van der Waals surface area contributed by atoms with Crippen LogP contribution in [0.15, 0.2) is 0 Å². The van der Waals surface area contributed by atoms with Crippen molar-refractivity contribution in [1.29, 1.82) is 0 Å². The van der Waals surface area contributed by atoms with Crippen molar-refractivity contribution < 1.29 is 9.59 Å². The molecule has 3 N–H and O–H groups in total. The summed E-state index contributed by atoms with van der Waals surface area (Å²) < 4.78 is 0. The Labute approximate surface area is 121 Å². The monoisotopic (exact) mass is 291 g/mol. The van der Waals surface area contributed by atoms with Crippen molar-refractivity contribution >= 4 is 24.2 Å². The number of rotatable bonds is 5. The van der Waals surface area contributed by atoms with Crippen LogP contribution in [0, 0.1) is 5.92 Å². The van der Waals surface area contributed by atoms with Gasteiger partial charge in [-0.05, 0) is 46.2 Å². The van der Waals surface area contributed by atoms with Crippen molar-refractivity contribution in [1.82, 2.24) is 16.0 Å². The Morgan fingerprint density at radius 3 is 2.32 bits per heavy atom. The second-order valence-electron chi connectivity index (χ2n) is 5.07. The summed E-state index contributed by atoms with van der Waals surface area (Å²) >= 11 is 0. The van der Waals surface area contributed by atoms with E-state index in [1.165, 1.54) is 0 Å². The zero-order chi connectivity index (χ0) is 13.5. The third-order valence-electron chi connectivity index (χ3n) is 3.46. The first-order valence-electron chi connectivity index (χ1n) is 6.86. The molecule has 0 aromatic carbocycles. The molecular weight excluding hydrogens is 266 g/mol. The van der Waals surface area contributed by atoms with Gasteiger partial charge in [-0.15, -0.1) is 12.4 Å². The van der Waals surface area contributed by atoms with Crippen molar-refractivity contribution in [3.05, 3.63) is 0 Å². The molecule has 2 unspecified atom stereocenters. The van der Waals surface area contributed by atoms with Gasteiger partial charge in [-0.25, -0.2) is 0 Å². The molecule has 5 nitrogen and oxygen atoms in total. The van der Waals surface area contributed by atoms with Crippen LogP contribution in [0.5, 0.6) is 0 Å². The van der Waals surface area contributed by atoms with Crippen molar-refractivity contribution in [3.63, 3.8) is 0 Å². The quantitative estimate of drug-likeness (QED) is 0.703. The molecule has 2 amide bonds. The third kappa shape index (κ3) is 6.25. The molecular formula is C13H26ClN3O2. The molecule has 0 spiro atoms. The molecule has 0 aromatic heterocycles. The van der Waals surface area contributed by atoms with Gasteiger partial charge < -0.3 is 16.0 Å². The third-order valence-corrected chi connectivity index (χ3v) is 3.46. The summed E-state index contributed by atoms with van der Waals surface area (Å²) in [5.74, 6) is -0.0555. The normalized spacial score (nSPS) is 18.9. The molecule has 1 fully saturated rings. The summed E-state index contributed by atoms with van der Waals surface area (Å²) in [5, 5.41) is 8.89. The lowest BCUT2D eigenvalue weighted by Gasteiger charge is -2.24. The van der Waals surface area contributed by atoms with E-state index < -0.39 is 6.04 Å². The standard InChI is InChI=1S/C13H25N3O2.ClH/c1-4-9(2)15-12(17)10(3)16-13(18)11-5-7-14-8-6-11;/h9-11,14H,4-8H2,1-3H3,(H,15,17)(H,16,18);1H. The first-order valence-corrected chi connectivity index (χ1v) is 6.86. The maximum atomic E-state index is 11.9. The average molecular weight is 292 g/mol. The van der Waals surface area contributed by atoms with E-state index in [0.29, 0.717) is 0 Å². The summed E-state index contributed by atoms with van der Waals surface area (Å²) in [6, 6.07) is -0.308. The lowest BCUT2D eigenvalue weighted by Crippen LogP contribution is -2.49. The van der Waals surface area contributed by atoms with E-state index in [1.54, 1.807) is 6.92 Å². The fourth-order valence-corrected chi connectivity index (χ4v) is 1.95. The Hall–Kier alpha value is -0.810. The molecule has 0 radical (unpaired) electrons. The predicted molar refractivity (Wildman–Crippen MR) is 78.3 cm³/mol. The smallest absolute Gasteiger partial charge is 0.242 e. The highest BCUT2D eigenvalue weighted by Crippen LogP contribution is 2.11.